The van der Waals surface area contributed by atoms with E-state index in [0.29, 0.717) is 28.8 Å². The number of nitrogens with zero attached hydrogens (tertiary/aromatic N) is 3. The fraction of sp³-hybridized carbons (Fsp3) is 0.222. The van der Waals surface area contributed by atoms with Crippen LogP contribution in [0.3, 0.4) is 0 Å². The number of esters is 1. The van der Waals surface area contributed by atoms with Crippen LogP contribution >= 0.6 is 0 Å². The molecule has 0 aliphatic heterocycles. The maximum absolute atomic E-state index is 13.2. The smallest absolute Gasteiger partial charge is 0.310 e. The fourth-order valence-corrected chi connectivity index (χ4v) is 5.32. The average Bonchev–Trinajstić information content (AvgIpc) is 3.17. The Kier molecular flexibility index (Phi) is 7.36. The molecule has 0 saturated carbocycles. The number of aromatic nitrogens is 2. The van der Waals surface area contributed by atoms with Crippen LogP contribution < -0.4 is 4.72 Å². The maximum Gasteiger partial charge on any atom is 0.310 e. The predicted octanol–water partition coefficient (Wildman–Crippen LogP) is 4.14. The molecular formula is C27H26N4O4S. The molecule has 9 heteroatoms. The summed E-state index contributed by atoms with van der Waals surface area (Å²) in [6, 6.07) is 21.2. The van der Waals surface area contributed by atoms with Crippen LogP contribution in [0.5, 0.6) is 0 Å². The van der Waals surface area contributed by atoms with Crippen LogP contribution in [0.4, 0.5) is 5.69 Å². The summed E-state index contributed by atoms with van der Waals surface area (Å²) in [7, 11) is -2.01. The Morgan fingerprint density at radius 1 is 1.08 bits per heavy atom. The number of carbonyl (C=O) groups is 1. The molecule has 0 aliphatic rings. The zero-order valence-electron chi connectivity index (χ0n) is 20.1. The largest absolute Gasteiger partial charge is 0.466 e. The summed E-state index contributed by atoms with van der Waals surface area (Å²) in [5, 5.41) is 8.95. The monoisotopic (exact) mass is 502 g/mol. The number of nitriles is 1. The third-order valence-corrected chi connectivity index (χ3v) is 7.33. The van der Waals surface area contributed by atoms with Crippen LogP contribution in [0.1, 0.15) is 29.4 Å². The molecule has 1 N–H and O–H groups in total. The highest BCUT2D eigenvalue weighted by Crippen LogP contribution is 2.24. The number of ether oxygens (including phenoxy) is 1. The Bertz CT molecular complexity index is 1550. The van der Waals surface area contributed by atoms with Crippen molar-refractivity contribution in [3.05, 3.63) is 89.2 Å². The summed E-state index contributed by atoms with van der Waals surface area (Å²) in [6.45, 7) is 1.93. The highest BCUT2D eigenvalue weighted by Gasteiger charge is 2.21. The quantitative estimate of drug-likeness (QED) is 0.344. The molecule has 0 saturated heterocycles. The molecule has 0 amide bonds. The Morgan fingerprint density at radius 2 is 1.83 bits per heavy atom. The number of imidazole rings is 1. The molecule has 0 unspecified atom stereocenters. The van der Waals surface area contributed by atoms with Gasteiger partial charge < -0.3 is 9.30 Å². The first-order valence-corrected chi connectivity index (χ1v) is 13.0. The Hall–Kier alpha value is -4.16. The van der Waals surface area contributed by atoms with Gasteiger partial charge >= 0.3 is 5.97 Å². The third kappa shape index (κ3) is 5.56. The van der Waals surface area contributed by atoms with Crippen LogP contribution in [0.15, 0.2) is 71.6 Å². The molecule has 1 aromatic heterocycles. The van der Waals surface area contributed by atoms with Gasteiger partial charge in [-0.05, 0) is 60.9 Å². The van der Waals surface area contributed by atoms with Crippen molar-refractivity contribution < 1.29 is 17.9 Å². The first-order valence-electron chi connectivity index (χ1n) is 11.5. The summed E-state index contributed by atoms with van der Waals surface area (Å²) in [5.74, 6) is 0.387. The van der Waals surface area contributed by atoms with E-state index >= 15 is 0 Å². The number of nitrogens with one attached hydrogen (secondary N) is 1. The van der Waals surface area contributed by atoms with E-state index < -0.39 is 16.0 Å². The van der Waals surface area contributed by atoms with Crippen molar-refractivity contribution in [2.45, 2.75) is 31.1 Å². The second-order valence-electron chi connectivity index (χ2n) is 8.29. The molecule has 4 aromatic rings. The van der Waals surface area contributed by atoms with Gasteiger partial charge in [0.2, 0.25) is 0 Å². The lowest BCUT2D eigenvalue weighted by Gasteiger charge is -2.12. The highest BCUT2D eigenvalue weighted by atomic mass is 32.2. The van der Waals surface area contributed by atoms with Crippen molar-refractivity contribution >= 4 is 32.7 Å². The Morgan fingerprint density at radius 3 is 2.56 bits per heavy atom. The molecule has 8 nitrogen and oxygen atoms in total. The summed E-state index contributed by atoms with van der Waals surface area (Å²) in [4.78, 5) is 16.7. The zero-order chi connectivity index (χ0) is 25.7. The lowest BCUT2D eigenvalue weighted by atomic mass is 10.1. The maximum atomic E-state index is 13.2. The van der Waals surface area contributed by atoms with E-state index in [4.69, 9.17) is 15.0 Å². The van der Waals surface area contributed by atoms with Crippen LogP contribution in [-0.2, 0) is 45.9 Å². The summed E-state index contributed by atoms with van der Waals surface area (Å²) >= 11 is 0. The third-order valence-electron chi connectivity index (χ3n) is 5.85. The standard InChI is InChI=1S/C27H26N4O4S/c1-3-35-27(32)16-21-6-4-5-7-25(21)36(33,34)30-22-13-14-24-23(17-22)29-26(31(24)2)15-12-19-8-10-20(18-28)11-9-19/h4-11,13-14,17,30H,3,12,15-16H2,1-2H3. The van der Waals surface area contributed by atoms with E-state index in [1.54, 1.807) is 49.4 Å². The number of anilines is 1. The lowest BCUT2D eigenvalue weighted by molar-refractivity contribution is -0.142. The van der Waals surface area contributed by atoms with E-state index in [-0.39, 0.29) is 17.9 Å². The zero-order valence-corrected chi connectivity index (χ0v) is 20.9. The first-order chi connectivity index (χ1) is 17.3. The van der Waals surface area contributed by atoms with E-state index in [1.807, 2.05) is 29.8 Å². The molecular weight excluding hydrogens is 476 g/mol. The minimum Gasteiger partial charge on any atom is -0.466 e. The Labute approximate surface area is 210 Å². The number of hydrogen-bond donors (Lipinski definition) is 1. The topological polar surface area (TPSA) is 114 Å². The number of sulfonamides is 1. The van der Waals surface area contributed by atoms with E-state index in [2.05, 4.69) is 10.8 Å². The molecule has 36 heavy (non-hydrogen) atoms. The first kappa shape index (κ1) is 24.9. The van der Waals surface area contributed by atoms with Gasteiger partial charge in [0.05, 0.1) is 46.3 Å². The number of benzene rings is 3. The predicted molar refractivity (Wildman–Crippen MR) is 137 cm³/mol. The van der Waals surface area contributed by atoms with Crippen molar-refractivity contribution in [2.24, 2.45) is 7.05 Å². The number of carbonyl (C=O) groups excluding carboxylic acids is 1. The fourth-order valence-electron chi connectivity index (χ4n) is 4.03. The molecule has 0 radical (unpaired) electrons. The second-order valence-corrected chi connectivity index (χ2v) is 9.95. The minimum atomic E-state index is -3.94. The van der Waals surface area contributed by atoms with Crippen LogP contribution in [-0.4, -0.2) is 30.5 Å². The summed E-state index contributed by atoms with van der Waals surface area (Å²) in [6.07, 6.45) is 1.33. The van der Waals surface area contributed by atoms with Gasteiger partial charge in [-0.1, -0.05) is 30.3 Å². The minimum absolute atomic E-state index is 0.0299. The summed E-state index contributed by atoms with van der Waals surface area (Å²) < 4.78 is 35.9. The van der Waals surface area contributed by atoms with Crippen molar-refractivity contribution in [1.29, 1.82) is 5.26 Å². The van der Waals surface area contributed by atoms with Gasteiger partial charge in [0, 0.05) is 13.5 Å². The van der Waals surface area contributed by atoms with Gasteiger partial charge in [-0.3, -0.25) is 9.52 Å². The van der Waals surface area contributed by atoms with Gasteiger partial charge in [0.25, 0.3) is 10.0 Å². The van der Waals surface area contributed by atoms with Crippen molar-refractivity contribution in [2.75, 3.05) is 11.3 Å². The molecule has 0 fully saturated rings. The molecule has 0 bridgehead atoms. The van der Waals surface area contributed by atoms with Crippen molar-refractivity contribution in [3.8, 4) is 6.07 Å². The van der Waals surface area contributed by atoms with E-state index in [9.17, 15) is 13.2 Å². The molecule has 0 aliphatic carbocycles. The Balaban J connectivity index is 1.54. The molecule has 3 aromatic carbocycles. The molecule has 0 spiro atoms. The number of aryl methyl sites for hydroxylation is 3. The number of fused-ring (bicyclic) bond motifs is 1. The highest BCUT2D eigenvalue weighted by molar-refractivity contribution is 7.92. The van der Waals surface area contributed by atoms with Crippen molar-refractivity contribution in [3.63, 3.8) is 0 Å². The molecule has 184 valence electrons. The van der Waals surface area contributed by atoms with Gasteiger partial charge in [0.1, 0.15) is 5.82 Å². The normalized spacial score (nSPS) is 11.2. The van der Waals surface area contributed by atoms with Crippen molar-refractivity contribution in [1.82, 2.24) is 9.55 Å². The molecule has 4 rings (SSSR count). The summed E-state index contributed by atoms with van der Waals surface area (Å²) in [5.41, 5.74) is 4.04. The van der Waals surface area contributed by atoms with Gasteiger partial charge in [-0.15, -0.1) is 0 Å². The average molecular weight is 503 g/mol. The lowest BCUT2D eigenvalue weighted by Crippen LogP contribution is -2.17. The van der Waals surface area contributed by atoms with Crippen LogP contribution in [0.25, 0.3) is 11.0 Å². The van der Waals surface area contributed by atoms with Gasteiger partial charge in [-0.25, -0.2) is 13.4 Å². The van der Waals surface area contributed by atoms with Crippen LogP contribution in [0, 0.1) is 11.3 Å². The SMILES string of the molecule is CCOC(=O)Cc1ccccc1S(=O)(=O)Nc1ccc2c(c1)nc(CCc1ccc(C#N)cc1)n2C. The van der Waals surface area contributed by atoms with Gasteiger partial charge in [0.15, 0.2) is 0 Å². The second kappa shape index (κ2) is 10.6. The number of hydrogen-bond acceptors (Lipinski definition) is 6. The number of rotatable bonds is 9. The van der Waals surface area contributed by atoms with E-state index in [1.165, 1.54) is 6.07 Å². The molecule has 0 atom stereocenters. The van der Waals surface area contributed by atoms with Crippen LogP contribution in [0.2, 0.25) is 0 Å². The van der Waals surface area contributed by atoms with Gasteiger partial charge in [-0.2, -0.15) is 5.26 Å². The molecule has 1 heterocycles. The van der Waals surface area contributed by atoms with E-state index in [0.717, 1.165) is 23.3 Å².